The number of sulfonamides is 1. The van der Waals surface area contributed by atoms with Crippen molar-refractivity contribution in [1.82, 2.24) is 8.75 Å². The molecule has 0 aliphatic rings. The summed E-state index contributed by atoms with van der Waals surface area (Å²) in [5.74, 6) is 0. The highest BCUT2D eigenvalue weighted by Gasteiger charge is 2.20. The fraction of sp³-hybridized carbons (Fsp3) is 0.0909. The van der Waals surface area contributed by atoms with Crippen LogP contribution in [-0.2, 0) is 16.6 Å². The van der Waals surface area contributed by atoms with Crippen molar-refractivity contribution in [1.29, 1.82) is 0 Å². The van der Waals surface area contributed by atoms with Crippen molar-refractivity contribution < 1.29 is 8.42 Å². The van der Waals surface area contributed by atoms with Gasteiger partial charge in [0, 0.05) is 16.8 Å². The number of nitrogens with two attached hydrogens (primary N) is 1. The molecule has 0 amide bonds. The molecule has 0 atom stereocenters. The van der Waals surface area contributed by atoms with Crippen molar-refractivity contribution in [3.63, 3.8) is 0 Å². The van der Waals surface area contributed by atoms with Crippen LogP contribution in [0, 0.1) is 0 Å². The van der Waals surface area contributed by atoms with Crippen LogP contribution in [0.25, 0.3) is 11.0 Å². The number of benzene rings is 1. The Labute approximate surface area is 133 Å². The van der Waals surface area contributed by atoms with Gasteiger partial charge in [-0.3, -0.25) is 4.72 Å². The number of rotatable bonds is 4. The van der Waals surface area contributed by atoms with Gasteiger partial charge in [0.15, 0.2) is 0 Å². The van der Waals surface area contributed by atoms with Gasteiger partial charge in [0.2, 0.25) is 0 Å². The molecule has 0 saturated heterocycles. The molecule has 0 fully saturated rings. The Balaban J connectivity index is 2.04. The summed E-state index contributed by atoms with van der Waals surface area (Å²) in [7, 11) is -3.74. The predicted octanol–water partition coefficient (Wildman–Crippen LogP) is 2.67. The number of hydrogen-bond acceptors (Lipinski definition) is 7. The molecule has 110 valence electrons. The highest BCUT2D eigenvalue weighted by molar-refractivity contribution is 7.92. The van der Waals surface area contributed by atoms with Crippen LogP contribution in [0.3, 0.4) is 0 Å². The predicted molar refractivity (Wildman–Crippen MR) is 85.4 cm³/mol. The summed E-state index contributed by atoms with van der Waals surface area (Å²) in [6.45, 7) is 0.298. The molecule has 21 heavy (non-hydrogen) atoms. The number of fused-ring (bicyclic) bond motifs is 1. The second kappa shape index (κ2) is 5.50. The average molecular weight is 361 g/mol. The van der Waals surface area contributed by atoms with Gasteiger partial charge in [-0.1, -0.05) is 11.6 Å². The van der Waals surface area contributed by atoms with Crippen molar-refractivity contribution in [3.05, 3.63) is 33.5 Å². The molecule has 10 heteroatoms. The first kappa shape index (κ1) is 14.7. The van der Waals surface area contributed by atoms with Gasteiger partial charge in [-0.05, 0) is 18.2 Å². The number of thiophene rings is 1. The molecule has 0 aliphatic carbocycles. The monoisotopic (exact) mass is 360 g/mol. The molecule has 0 saturated carbocycles. The highest BCUT2D eigenvalue weighted by atomic mass is 35.5. The first-order valence-electron chi connectivity index (χ1n) is 5.72. The van der Waals surface area contributed by atoms with E-state index < -0.39 is 10.0 Å². The minimum Gasteiger partial charge on any atom is -0.326 e. The summed E-state index contributed by atoms with van der Waals surface area (Å²) < 4.78 is 35.4. The number of nitrogens with zero attached hydrogens (tertiary/aromatic N) is 2. The maximum atomic E-state index is 12.4. The molecular weight excluding hydrogens is 352 g/mol. The third-order valence-corrected chi connectivity index (χ3v) is 6.05. The Bertz CT molecular complexity index is 903. The van der Waals surface area contributed by atoms with Gasteiger partial charge in [0.1, 0.15) is 11.0 Å². The Morgan fingerprint density at radius 2 is 2.14 bits per heavy atom. The molecule has 3 N–H and O–H groups in total. The molecular formula is C11H9ClN4O2S3. The zero-order chi connectivity index (χ0) is 15.0. The zero-order valence-electron chi connectivity index (χ0n) is 10.4. The van der Waals surface area contributed by atoms with E-state index in [1.807, 2.05) is 0 Å². The molecule has 0 unspecified atom stereocenters. The molecule has 3 rings (SSSR count). The van der Waals surface area contributed by atoms with Crippen molar-refractivity contribution >= 4 is 61.4 Å². The van der Waals surface area contributed by atoms with E-state index in [4.69, 9.17) is 17.3 Å². The molecule has 0 radical (unpaired) electrons. The Hall–Kier alpha value is -1.26. The van der Waals surface area contributed by atoms with E-state index in [1.165, 1.54) is 16.7 Å². The topological polar surface area (TPSA) is 98.0 Å². The van der Waals surface area contributed by atoms with Crippen molar-refractivity contribution in [3.8, 4) is 0 Å². The second-order valence-corrected chi connectivity index (χ2v) is 7.73. The summed E-state index contributed by atoms with van der Waals surface area (Å²) in [5.41, 5.74) is 6.77. The molecule has 2 aromatic heterocycles. The van der Waals surface area contributed by atoms with Gasteiger partial charge in [-0.15, -0.1) is 11.3 Å². The van der Waals surface area contributed by atoms with Crippen LogP contribution in [0.15, 0.2) is 28.5 Å². The smallest absolute Gasteiger partial charge is 0.262 e. The lowest BCUT2D eigenvalue weighted by molar-refractivity contribution is 0.601. The molecule has 2 heterocycles. The lowest BCUT2D eigenvalue weighted by Gasteiger charge is -2.08. The third-order valence-electron chi connectivity index (χ3n) is 2.75. The minimum atomic E-state index is -3.74. The normalized spacial score (nSPS) is 11.9. The van der Waals surface area contributed by atoms with Crippen molar-refractivity contribution in [2.45, 2.75) is 11.4 Å². The quantitative estimate of drug-likeness (QED) is 0.745. The lowest BCUT2D eigenvalue weighted by Crippen LogP contribution is -2.13. The molecule has 3 aromatic rings. The molecule has 0 aliphatic heterocycles. The van der Waals surface area contributed by atoms with Gasteiger partial charge < -0.3 is 5.73 Å². The molecule has 1 aromatic carbocycles. The number of hydrogen-bond donors (Lipinski definition) is 2. The number of aromatic nitrogens is 2. The fourth-order valence-electron chi connectivity index (χ4n) is 1.73. The standard InChI is InChI=1S/C11H9ClN4O2S3/c12-8-1-2-9-11(15-20-14-9)10(8)16-21(17,18)7-3-6(4-13)19-5-7/h1-3,5,16H,4,13H2. The lowest BCUT2D eigenvalue weighted by atomic mass is 10.3. The number of anilines is 1. The van der Waals surface area contributed by atoms with Crippen molar-refractivity contribution in [2.75, 3.05) is 4.72 Å². The first-order chi connectivity index (χ1) is 10.0. The molecule has 0 bridgehead atoms. The highest BCUT2D eigenvalue weighted by Crippen LogP contribution is 2.32. The third kappa shape index (κ3) is 2.74. The van der Waals surface area contributed by atoms with E-state index >= 15 is 0 Å². The van der Waals surface area contributed by atoms with Crippen LogP contribution in [0.5, 0.6) is 0 Å². The van der Waals surface area contributed by atoms with Gasteiger partial charge in [0.25, 0.3) is 10.0 Å². The van der Waals surface area contributed by atoms with E-state index in [-0.39, 0.29) is 15.6 Å². The average Bonchev–Trinajstić information content (AvgIpc) is 3.10. The van der Waals surface area contributed by atoms with Crippen LogP contribution in [0.1, 0.15) is 4.88 Å². The Kier molecular flexibility index (Phi) is 3.84. The van der Waals surface area contributed by atoms with E-state index in [0.29, 0.717) is 17.6 Å². The Morgan fingerprint density at radius 1 is 1.33 bits per heavy atom. The van der Waals surface area contributed by atoms with Gasteiger partial charge in [0.05, 0.1) is 27.3 Å². The van der Waals surface area contributed by atoms with Crippen molar-refractivity contribution in [2.24, 2.45) is 5.73 Å². The number of nitrogens with one attached hydrogen (secondary N) is 1. The van der Waals surface area contributed by atoms with E-state index in [2.05, 4.69) is 13.5 Å². The van der Waals surface area contributed by atoms with E-state index in [0.717, 1.165) is 16.6 Å². The van der Waals surface area contributed by atoms with Crippen LogP contribution in [0.4, 0.5) is 5.69 Å². The minimum absolute atomic E-state index is 0.157. The SMILES string of the molecule is NCc1cc(S(=O)(=O)Nc2c(Cl)ccc3nsnc23)cs1. The fourth-order valence-corrected chi connectivity index (χ4v) is 4.77. The molecule has 6 nitrogen and oxygen atoms in total. The Morgan fingerprint density at radius 3 is 2.86 bits per heavy atom. The summed E-state index contributed by atoms with van der Waals surface area (Å²) in [6.07, 6.45) is 0. The largest absolute Gasteiger partial charge is 0.326 e. The van der Waals surface area contributed by atoms with Crippen LogP contribution >= 0.6 is 34.7 Å². The van der Waals surface area contributed by atoms with Gasteiger partial charge in [-0.2, -0.15) is 8.75 Å². The summed E-state index contributed by atoms with van der Waals surface area (Å²) in [4.78, 5) is 0.944. The second-order valence-electron chi connectivity index (χ2n) is 4.11. The van der Waals surface area contributed by atoms with E-state index in [1.54, 1.807) is 18.2 Å². The molecule has 0 spiro atoms. The first-order valence-corrected chi connectivity index (χ1v) is 9.19. The maximum absolute atomic E-state index is 12.4. The zero-order valence-corrected chi connectivity index (χ0v) is 13.6. The van der Waals surface area contributed by atoms with E-state index in [9.17, 15) is 8.42 Å². The summed E-state index contributed by atoms with van der Waals surface area (Å²) >= 11 is 8.37. The van der Waals surface area contributed by atoms with Crippen LogP contribution in [0.2, 0.25) is 5.02 Å². The summed E-state index contributed by atoms with van der Waals surface area (Å²) in [6, 6.07) is 4.82. The number of halogens is 1. The van der Waals surface area contributed by atoms with Crippen LogP contribution < -0.4 is 10.5 Å². The maximum Gasteiger partial charge on any atom is 0.262 e. The van der Waals surface area contributed by atoms with Crippen LogP contribution in [-0.4, -0.2) is 17.2 Å². The van der Waals surface area contributed by atoms with Gasteiger partial charge in [-0.25, -0.2) is 8.42 Å². The van der Waals surface area contributed by atoms with Gasteiger partial charge >= 0.3 is 0 Å². The summed E-state index contributed by atoms with van der Waals surface area (Å²) in [5, 5.41) is 1.81.